The number of phenols is 1. The van der Waals surface area contributed by atoms with Gasteiger partial charge in [-0.3, -0.25) is 4.98 Å². The number of carboxylic acids is 1. The minimum absolute atomic E-state index is 0.168. The lowest BCUT2D eigenvalue weighted by atomic mass is 10.1. The van der Waals surface area contributed by atoms with E-state index in [1.54, 1.807) is 11.3 Å². The van der Waals surface area contributed by atoms with E-state index in [4.69, 9.17) is 5.11 Å². The molecule has 0 aliphatic carbocycles. The third kappa shape index (κ3) is 3.96. The number of halogens is 1. The Hall–Kier alpha value is -3.10. The monoisotopic (exact) mass is 440 g/mol. The zero-order valence-electron chi connectivity index (χ0n) is 16.1. The zero-order chi connectivity index (χ0) is 21.4. The quantitative estimate of drug-likeness (QED) is 0.417. The SMILES string of the molecule is Cc1ccc(Cc2nc(C)c(-c3csc(-c4cc(O)c(C(=O)O)cc4F)c3)s2)cn1. The molecule has 4 aromatic rings. The highest BCUT2D eigenvalue weighted by Crippen LogP contribution is 2.39. The van der Waals surface area contributed by atoms with Gasteiger partial charge in [0.15, 0.2) is 0 Å². The van der Waals surface area contributed by atoms with Gasteiger partial charge in [0.05, 0.1) is 15.6 Å². The fraction of sp³-hybridized carbons (Fsp3) is 0.136. The summed E-state index contributed by atoms with van der Waals surface area (Å²) in [7, 11) is 0. The van der Waals surface area contributed by atoms with Crippen LogP contribution in [-0.4, -0.2) is 26.2 Å². The van der Waals surface area contributed by atoms with Gasteiger partial charge in [0.25, 0.3) is 0 Å². The number of aromatic hydroxyl groups is 1. The van der Waals surface area contributed by atoms with Gasteiger partial charge in [-0.2, -0.15) is 0 Å². The Bertz CT molecular complexity index is 1250. The van der Waals surface area contributed by atoms with Crippen molar-refractivity contribution in [1.82, 2.24) is 9.97 Å². The van der Waals surface area contributed by atoms with Crippen molar-refractivity contribution in [2.75, 3.05) is 0 Å². The summed E-state index contributed by atoms with van der Waals surface area (Å²) in [5, 5.41) is 21.8. The number of pyridine rings is 1. The average molecular weight is 441 g/mol. The van der Waals surface area contributed by atoms with Crippen molar-refractivity contribution in [3.05, 3.63) is 75.2 Å². The molecule has 3 aromatic heterocycles. The van der Waals surface area contributed by atoms with E-state index in [0.717, 1.165) is 44.5 Å². The summed E-state index contributed by atoms with van der Waals surface area (Å²) in [4.78, 5) is 21.7. The van der Waals surface area contributed by atoms with Gasteiger partial charge in [-0.05, 0) is 43.7 Å². The number of benzene rings is 1. The minimum Gasteiger partial charge on any atom is -0.507 e. The molecule has 0 unspecified atom stereocenters. The van der Waals surface area contributed by atoms with Gasteiger partial charge in [-0.15, -0.1) is 22.7 Å². The number of aromatic nitrogens is 2. The summed E-state index contributed by atoms with van der Waals surface area (Å²) in [6.07, 6.45) is 2.54. The second-order valence-electron chi connectivity index (χ2n) is 6.86. The molecule has 3 heterocycles. The van der Waals surface area contributed by atoms with Crippen molar-refractivity contribution in [1.29, 1.82) is 0 Å². The molecule has 0 aliphatic rings. The fourth-order valence-corrected chi connectivity index (χ4v) is 5.17. The van der Waals surface area contributed by atoms with Gasteiger partial charge in [-0.25, -0.2) is 14.2 Å². The summed E-state index contributed by atoms with van der Waals surface area (Å²) in [6, 6.07) is 7.85. The molecule has 152 valence electrons. The zero-order valence-corrected chi connectivity index (χ0v) is 17.8. The van der Waals surface area contributed by atoms with E-state index in [1.807, 2.05) is 43.6 Å². The lowest BCUT2D eigenvalue weighted by molar-refractivity contribution is 0.0693. The third-order valence-electron chi connectivity index (χ3n) is 4.61. The Balaban J connectivity index is 1.63. The Labute approximate surface area is 180 Å². The summed E-state index contributed by atoms with van der Waals surface area (Å²) >= 11 is 2.91. The maximum Gasteiger partial charge on any atom is 0.339 e. The number of thiazole rings is 1. The van der Waals surface area contributed by atoms with Crippen LogP contribution in [-0.2, 0) is 6.42 Å². The van der Waals surface area contributed by atoms with Crippen LogP contribution in [0.1, 0.15) is 32.3 Å². The van der Waals surface area contributed by atoms with Gasteiger partial charge < -0.3 is 10.2 Å². The lowest BCUT2D eigenvalue weighted by Gasteiger charge is -2.04. The van der Waals surface area contributed by atoms with Crippen LogP contribution in [0, 0.1) is 19.7 Å². The van der Waals surface area contributed by atoms with Crippen LogP contribution >= 0.6 is 22.7 Å². The number of aryl methyl sites for hydroxylation is 2. The molecule has 5 nitrogen and oxygen atoms in total. The van der Waals surface area contributed by atoms with Crippen molar-refractivity contribution < 1.29 is 19.4 Å². The van der Waals surface area contributed by atoms with Crippen LogP contribution in [0.25, 0.3) is 20.9 Å². The average Bonchev–Trinajstić information content (AvgIpc) is 3.31. The van der Waals surface area contributed by atoms with E-state index in [2.05, 4.69) is 9.97 Å². The number of nitrogens with zero attached hydrogens (tertiary/aromatic N) is 2. The van der Waals surface area contributed by atoms with E-state index in [1.165, 1.54) is 11.3 Å². The molecular weight excluding hydrogens is 423 g/mol. The number of rotatable bonds is 5. The van der Waals surface area contributed by atoms with E-state index >= 15 is 0 Å². The number of carboxylic acid groups (broad SMARTS) is 1. The minimum atomic E-state index is -1.37. The number of aromatic carboxylic acids is 1. The van der Waals surface area contributed by atoms with E-state index < -0.39 is 23.1 Å². The lowest BCUT2D eigenvalue weighted by Crippen LogP contribution is -1.98. The number of thiophene rings is 1. The number of hydrogen-bond acceptors (Lipinski definition) is 6. The highest BCUT2D eigenvalue weighted by molar-refractivity contribution is 7.17. The first kappa shape index (κ1) is 20.2. The predicted molar refractivity (Wildman–Crippen MR) is 116 cm³/mol. The molecule has 0 radical (unpaired) electrons. The van der Waals surface area contributed by atoms with E-state index in [-0.39, 0.29) is 5.56 Å². The Morgan fingerprint density at radius 2 is 2.00 bits per heavy atom. The first-order chi connectivity index (χ1) is 14.3. The molecule has 0 saturated carbocycles. The predicted octanol–water partition coefficient (Wildman–Crippen LogP) is 5.68. The largest absolute Gasteiger partial charge is 0.507 e. The maximum absolute atomic E-state index is 14.5. The van der Waals surface area contributed by atoms with Crippen LogP contribution in [0.2, 0.25) is 0 Å². The van der Waals surface area contributed by atoms with Crippen LogP contribution in [0.15, 0.2) is 41.9 Å². The summed E-state index contributed by atoms with van der Waals surface area (Å²) in [5.41, 5.74) is 3.57. The summed E-state index contributed by atoms with van der Waals surface area (Å²) in [5.74, 6) is -2.52. The van der Waals surface area contributed by atoms with Crippen LogP contribution in [0.3, 0.4) is 0 Å². The number of hydrogen-bond donors (Lipinski definition) is 2. The number of carbonyl (C=O) groups is 1. The molecule has 0 atom stereocenters. The van der Waals surface area contributed by atoms with Crippen molar-refractivity contribution in [3.63, 3.8) is 0 Å². The molecule has 4 rings (SSSR count). The first-order valence-electron chi connectivity index (χ1n) is 9.04. The molecule has 8 heteroatoms. The van der Waals surface area contributed by atoms with Gasteiger partial charge >= 0.3 is 5.97 Å². The molecule has 0 spiro atoms. The molecule has 0 bridgehead atoms. The smallest absolute Gasteiger partial charge is 0.339 e. The maximum atomic E-state index is 14.5. The third-order valence-corrected chi connectivity index (χ3v) is 6.78. The van der Waals surface area contributed by atoms with Gasteiger partial charge in [0.2, 0.25) is 0 Å². The Morgan fingerprint density at radius 3 is 2.70 bits per heavy atom. The van der Waals surface area contributed by atoms with Crippen LogP contribution in [0.4, 0.5) is 4.39 Å². The molecule has 2 N–H and O–H groups in total. The van der Waals surface area contributed by atoms with Crippen molar-refractivity contribution >= 4 is 28.6 Å². The van der Waals surface area contributed by atoms with Crippen molar-refractivity contribution in [3.8, 4) is 26.6 Å². The standard InChI is InChI=1S/C22H17FN2O3S2/c1-11-3-4-13(9-24-11)5-20-25-12(2)21(30-20)14-6-19(29-10-14)15-8-18(26)16(22(27)28)7-17(15)23/h3-4,6-10,26H,5H2,1-2H3,(H,27,28). The van der Waals surface area contributed by atoms with Crippen LogP contribution < -0.4 is 0 Å². The molecule has 0 saturated heterocycles. The van der Waals surface area contributed by atoms with Crippen molar-refractivity contribution in [2.45, 2.75) is 20.3 Å². The van der Waals surface area contributed by atoms with E-state index in [0.29, 0.717) is 11.3 Å². The molecular formula is C22H17FN2O3S2. The van der Waals surface area contributed by atoms with Gasteiger partial charge in [0, 0.05) is 39.7 Å². The molecule has 0 aliphatic heterocycles. The Kier molecular flexibility index (Phi) is 5.36. The second kappa shape index (κ2) is 7.97. The van der Waals surface area contributed by atoms with Gasteiger partial charge in [-0.1, -0.05) is 6.07 Å². The fourth-order valence-electron chi connectivity index (χ4n) is 3.09. The normalized spacial score (nSPS) is 11.0. The second-order valence-corrected chi connectivity index (χ2v) is 8.86. The molecule has 30 heavy (non-hydrogen) atoms. The van der Waals surface area contributed by atoms with Gasteiger partial charge in [0.1, 0.15) is 17.1 Å². The topological polar surface area (TPSA) is 83.3 Å². The molecule has 1 aromatic carbocycles. The summed E-state index contributed by atoms with van der Waals surface area (Å²) in [6.45, 7) is 3.88. The highest BCUT2D eigenvalue weighted by atomic mass is 32.1. The Morgan fingerprint density at radius 1 is 1.20 bits per heavy atom. The molecule has 0 fully saturated rings. The molecule has 0 amide bonds. The summed E-state index contributed by atoms with van der Waals surface area (Å²) < 4.78 is 14.5. The van der Waals surface area contributed by atoms with E-state index in [9.17, 15) is 14.3 Å². The van der Waals surface area contributed by atoms with Crippen LogP contribution in [0.5, 0.6) is 5.75 Å². The highest BCUT2D eigenvalue weighted by Gasteiger charge is 2.18. The van der Waals surface area contributed by atoms with Crippen molar-refractivity contribution in [2.24, 2.45) is 0 Å². The first-order valence-corrected chi connectivity index (χ1v) is 10.7.